The molecule has 0 aromatic rings. The van der Waals surface area contributed by atoms with Crippen molar-refractivity contribution < 1.29 is 114 Å². The van der Waals surface area contributed by atoms with Crippen LogP contribution in [0.1, 0.15) is 22.3 Å². The predicted molar refractivity (Wildman–Crippen MR) is 62.8 cm³/mol. The van der Waals surface area contributed by atoms with Crippen LogP contribution in [0.3, 0.4) is 0 Å². The van der Waals surface area contributed by atoms with Crippen LogP contribution in [-0.4, -0.2) is 68.6 Å². The molecule has 0 fully saturated rings. The molecule has 0 saturated carbocycles. The van der Waals surface area contributed by atoms with E-state index >= 15 is 0 Å². The molecule has 142 valence electrons. The summed E-state index contributed by atoms with van der Waals surface area (Å²) in [7, 11) is 0. The van der Waals surface area contributed by atoms with Gasteiger partial charge >= 0.3 is 23.7 Å². The second-order valence-corrected chi connectivity index (χ2v) is 0. The monoisotopic (exact) mass is 414 g/mol. The van der Waals surface area contributed by atoms with Gasteiger partial charge in [-0.3, -0.25) is 63.1 Å². The van der Waals surface area contributed by atoms with Gasteiger partial charge in [0.05, 0.1) is 0 Å². The van der Waals surface area contributed by atoms with E-state index in [-0.39, 0.29) is 49.5 Å². The third-order valence-electron chi connectivity index (χ3n) is 0. The van der Waals surface area contributed by atoms with Gasteiger partial charge in [-0.1, -0.05) is 22.3 Å². The van der Waals surface area contributed by atoms with Gasteiger partial charge in [0.15, 0.2) is 0 Å². The standard InChI is InChI=1S/3CH4.6H2O2.O2.H2O.O.2Ti/c;;;7*1-2;;;;/h3*1H4;6*1-2H;;1H2;;;. The molecule has 0 heterocycles. The molecule has 0 aliphatic rings. The van der Waals surface area contributed by atoms with E-state index in [0.717, 1.165) is 20.4 Å². The summed E-state index contributed by atoms with van der Waals surface area (Å²) in [6.45, 7) is 0. The van der Waals surface area contributed by atoms with E-state index in [1.165, 1.54) is 0 Å². The molecule has 0 spiro atoms. The van der Waals surface area contributed by atoms with Gasteiger partial charge in [0.2, 0.25) is 0 Å². The summed E-state index contributed by atoms with van der Waals surface area (Å²) in [6, 6.07) is 0. The molecule has 0 bridgehead atoms. The molecule has 0 saturated heterocycles. The first kappa shape index (κ1) is 127. The Morgan fingerprint density at radius 3 is 0.429 bits per heavy atom. The fourth-order valence-corrected chi connectivity index (χ4v) is 0. The van der Waals surface area contributed by atoms with Gasteiger partial charge in [-0.2, -0.15) is 0 Å². The maximum absolute atomic E-state index is 8.25. The smallest absolute Gasteiger partial charge is 0 e. The zero-order valence-electron chi connectivity index (χ0n) is 8.09. The van der Waals surface area contributed by atoms with Crippen molar-refractivity contribution >= 4 is 0 Å². The van der Waals surface area contributed by atoms with Crippen LogP contribution in [0.4, 0.5) is 0 Å². The molecule has 14 N–H and O–H groups in total. The minimum atomic E-state index is 0. The Balaban J connectivity index is -0.00000000306. The van der Waals surface area contributed by atoms with Crippen molar-refractivity contribution in [2.45, 2.75) is 22.3 Å². The van der Waals surface area contributed by atoms with Gasteiger partial charge in [-0.15, -0.1) is 0 Å². The summed E-state index contributed by atoms with van der Waals surface area (Å²) in [5, 5.41) is 72.0. The molecular formula is C3H26O16Ti2. The second-order valence-electron chi connectivity index (χ2n) is 0. The SMILES string of the molecule is C.C.C.O.O=O.OO.OO.OO.OO.OO.OO.[O]=[Ti].[Ti]. The summed E-state index contributed by atoms with van der Waals surface area (Å²) in [5.41, 5.74) is 0. The Morgan fingerprint density at radius 2 is 0.429 bits per heavy atom. The van der Waals surface area contributed by atoms with Gasteiger partial charge in [0.25, 0.3) is 0 Å². The molecule has 21 heavy (non-hydrogen) atoms. The Labute approximate surface area is 146 Å². The van der Waals surface area contributed by atoms with Crippen LogP contribution in [0.2, 0.25) is 0 Å². The Morgan fingerprint density at radius 1 is 0.429 bits per heavy atom. The fraction of sp³-hybridized carbons (Fsp3) is 1.00. The van der Waals surface area contributed by atoms with Crippen LogP contribution < -0.4 is 0 Å². The van der Waals surface area contributed by atoms with Crippen LogP contribution in [-0.2, 0) is 45.4 Å². The molecule has 0 unspecified atom stereocenters. The summed E-state index contributed by atoms with van der Waals surface area (Å²) in [6.07, 6.45) is 0. The number of hydrogen-bond donors (Lipinski definition) is 12. The molecule has 0 amide bonds. The Hall–Kier alpha value is 0.309. The van der Waals surface area contributed by atoms with Crippen LogP contribution in [0.15, 0.2) is 0 Å². The molecule has 0 aromatic carbocycles. The average molecular weight is 414 g/mol. The molecule has 0 radical (unpaired) electrons. The summed E-state index contributed by atoms with van der Waals surface area (Å²) < 4.78 is 8.25. The Kier molecular flexibility index (Phi) is 482000. The quantitative estimate of drug-likeness (QED) is 0.150. The predicted octanol–water partition coefficient (Wildman–Crippen LogP) is 1.13. The first-order valence-corrected chi connectivity index (χ1v) is 2.21. The van der Waals surface area contributed by atoms with Crippen LogP contribution in [0, 0.1) is 9.93 Å². The molecule has 0 aromatic heterocycles. The van der Waals surface area contributed by atoms with Gasteiger partial charge in [0, 0.05) is 31.6 Å². The van der Waals surface area contributed by atoms with Crippen molar-refractivity contribution in [3.05, 3.63) is 9.93 Å². The van der Waals surface area contributed by atoms with Gasteiger partial charge in [-0.05, 0) is 0 Å². The molecule has 0 aliphatic carbocycles. The van der Waals surface area contributed by atoms with Crippen molar-refractivity contribution in [3.8, 4) is 0 Å². The zero-order valence-corrected chi connectivity index (χ0v) is 11.2. The van der Waals surface area contributed by atoms with E-state index in [1.807, 2.05) is 0 Å². The summed E-state index contributed by atoms with van der Waals surface area (Å²) >= 11 is 0.750. The zero-order chi connectivity index (χ0) is 16.0. The van der Waals surface area contributed by atoms with E-state index in [2.05, 4.69) is 0 Å². The van der Waals surface area contributed by atoms with Crippen LogP contribution in [0.25, 0.3) is 0 Å². The van der Waals surface area contributed by atoms with E-state index in [4.69, 9.17) is 76.3 Å². The molecule has 0 atom stereocenters. The number of hydrogen-bond acceptors (Lipinski definition) is 15. The molecule has 0 aliphatic heterocycles. The first-order valence-electron chi connectivity index (χ1n) is 1.57. The minimum absolute atomic E-state index is 0. The number of rotatable bonds is 0. The summed E-state index contributed by atoms with van der Waals surface area (Å²) in [4.78, 5) is 14.0. The van der Waals surface area contributed by atoms with E-state index < -0.39 is 0 Å². The molecule has 16 nitrogen and oxygen atoms in total. The van der Waals surface area contributed by atoms with Crippen molar-refractivity contribution in [1.29, 1.82) is 0 Å². The van der Waals surface area contributed by atoms with E-state index in [9.17, 15) is 0 Å². The average Bonchev–Trinajstić information content (AvgIpc) is 2.54. The van der Waals surface area contributed by atoms with Crippen molar-refractivity contribution in [2.75, 3.05) is 0 Å². The minimum Gasteiger partial charge on any atom is 0 e. The second kappa shape index (κ2) is 79500. The van der Waals surface area contributed by atoms with Crippen molar-refractivity contribution in [2.24, 2.45) is 0 Å². The first-order chi connectivity index (χ1) is 8.00. The van der Waals surface area contributed by atoms with Crippen molar-refractivity contribution in [1.82, 2.24) is 0 Å². The van der Waals surface area contributed by atoms with Crippen LogP contribution in [0.5, 0.6) is 0 Å². The normalized spacial score (nSPS) is 2.05. The molecule has 18 heteroatoms. The Bertz CT molecular complexity index is 23.5. The molecule has 0 rings (SSSR count). The maximum atomic E-state index is 8.25. The van der Waals surface area contributed by atoms with E-state index in [1.54, 1.807) is 0 Å². The third-order valence-corrected chi connectivity index (χ3v) is 0. The molecular weight excluding hydrogens is 388 g/mol. The van der Waals surface area contributed by atoms with Crippen LogP contribution >= 0.6 is 0 Å². The van der Waals surface area contributed by atoms with Gasteiger partial charge < -0.3 is 5.48 Å². The van der Waals surface area contributed by atoms with Crippen molar-refractivity contribution in [3.63, 3.8) is 0 Å². The summed E-state index contributed by atoms with van der Waals surface area (Å²) in [5.74, 6) is 0. The topological polar surface area (TPSA) is 325 Å². The van der Waals surface area contributed by atoms with E-state index in [0.29, 0.717) is 0 Å². The largest absolute Gasteiger partial charge is 0 e. The van der Waals surface area contributed by atoms with Gasteiger partial charge in [0.1, 0.15) is 0 Å². The maximum Gasteiger partial charge on any atom is 0 e. The third kappa shape index (κ3) is 71500. The fourth-order valence-electron chi connectivity index (χ4n) is 0. The van der Waals surface area contributed by atoms with Gasteiger partial charge in [-0.25, -0.2) is 0 Å².